The maximum Gasteiger partial charge on any atom is 0.176 e. The summed E-state index contributed by atoms with van der Waals surface area (Å²) in [5.41, 5.74) is 1.13. The zero-order valence-corrected chi connectivity index (χ0v) is 12.7. The number of ketones is 1. The van der Waals surface area contributed by atoms with Crippen molar-refractivity contribution < 1.29 is 9.90 Å². The van der Waals surface area contributed by atoms with E-state index < -0.39 is 0 Å². The van der Waals surface area contributed by atoms with Gasteiger partial charge in [-0.1, -0.05) is 13.8 Å². The maximum absolute atomic E-state index is 12.2. The van der Waals surface area contributed by atoms with Gasteiger partial charge >= 0.3 is 0 Å². The molecule has 3 heteroatoms. The van der Waals surface area contributed by atoms with Gasteiger partial charge in [0, 0.05) is 11.6 Å². The molecule has 0 aliphatic heterocycles. The van der Waals surface area contributed by atoms with E-state index in [1.807, 2.05) is 7.05 Å². The topological polar surface area (TPSA) is 40.5 Å². The average molecular weight is 275 g/mol. The smallest absolute Gasteiger partial charge is 0.176 e. The van der Waals surface area contributed by atoms with Crippen LogP contribution in [0.5, 0.6) is 5.75 Å². The molecule has 1 fully saturated rings. The van der Waals surface area contributed by atoms with E-state index in [1.165, 1.54) is 25.7 Å². The van der Waals surface area contributed by atoms with Crippen molar-refractivity contribution in [2.75, 3.05) is 13.6 Å². The molecule has 1 N–H and O–H groups in total. The molecule has 0 saturated heterocycles. The van der Waals surface area contributed by atoms with Gasteiger partial charge in [-0.15, -0.1) is 0 Å². The van der Waals surface area contributed by atoms with Gasteiger partial charge in [-0.25, -0.2) is 0 Å². The standard InChI is InChI=1S/C17H25NO2/c1-17(2)10-8-14(9-11-17)18(3)12-16(20)13-4-6-15(19)7-5-13/h4-7,14,19H,8-12H2,1-3H3. The van der Waals surface area contributed by atoms with Crippen molar-refractivity contribution in [3.05, 3.63) is 29.8 Å². The zero-order valence-electron chi connectivity index (χ0n) is 12.7. The molecule has 0 atom stereocenters. The van der Waals surface area contributed by atoms with Crippen LogP contribution in [0.15, 0.2) is 24.3 Å². The molecule has 2 rings (SSSR count). The summed E-state index contributed by atoms with van der Waals surface area (Å²) in [4.78, 5) is 14.4. The Kier molecular flexibility index (Phi) is 4.48. The highest BCUT2D eigenvalue weighted by Crippen LogP contribution is 2.36. The van der Waals surface area contributed by atoms with Crippen molar-refractivity contribution in [3.63, 3.8) is 0 Å². The first-order chi connectivity index (χ1) is 9.37. The molecular weight excluding hydrogens is 250 g/mol. The van der Waals surface area contributed by atoms with Gasteiger partial charge in [0.15, 0.2) is 5.78 Å². The molecule has 0 bridgehead atoms. The SMILES string of the molecule is CN(CC(=O)c1ccc(O)cc1)C1CCC(C)(C)CC1. The zero-order chi connectivity index (χ0) is 14.8. The van der Waals surface area contributed by atoms with E-state index in [0.717, 1.165) is 0 Å². The van der Waals surface area contributed by atoms with Crippen LogP contribution in [0, 0.1) is 5.41 Å². The van der Waals surface area contributed by atoms with E-state index in [0.29, 0.717) is 23.6 Å². The Morgan fingerprint density at radius 2 is 1.80 bits per heavy atom. The number of carbonyl (C=O) groups is 1. The number of hydrogen-bond donors (Lipinski definition) is 1. The minimum Gasteiger partial charge on any atom is -0.508 e. The molecule has 110 valence electrons. The third-order valence-corrected chi connectivity index (χ3v) is 4.51. The highest BCUT2D eigenvalue weighted by Gasteiger charge is 2.29. The van der Waals surface area contributed by atoms with E-state index in [9.17, 15) is 9.90 Å². The van der Waals surface area contributed by atoms with E-state index in [-0.39, 0.29) is 11.5 Å². The van der Waals surface area contributed by atoms with Gasteiger partial charge in [0.2, 0.25) is 0 Å². The predicted octanol–water partition coefficient (Wildman–Crippen LogP) is 3.48. The second kappa shape index (κ2) is 5.96. The van der Waals surface area contributed by atoms with E-state index in [2.05, 4.69) is 18.7 Å². The number of phenols is 1. The van der Waals surface area contributed by atoms with Gasteiger partial charge in [0.05, 0.1) is 6.54 Å². The van der Waals surface area contributed by atoms with Crippen molar-refractivity contribution in [2.45, 2.75) is 45.6 Å². The van der Waals surface area contributed by atoms with Crippen LogP contribution < -0.4 is 0 Å². The van der Waals surface area contributed by atoms with Crippen molar-refractivity contribution in [3.8, 4) is 5.75 Å². The fourth-order valence-electron chi connectivity index (χ4n) is 2.92. The molecule has 0 radical (unpaired) electrons. The lowest BCUT2D eigenvalue weighted by Crippen LogP contribution is -2.39. The van der Waals surface area contributed by atoms with E-state index in [4.69, 9.17) is 0 Å². The van der Waals surface area contributed by atoms with Gasteiger partial charge in [0.25, 0.3) is 0 Å². The first-order valence-electron chi connectivity index (χ1n) is 7.40. The summed E-state index contributed by atoms with van der Waals surface area (Å²) < 4.78 is 0. The third-order valence-electron chi connectivity index (χ3n) is 4.51. The number of aromatic hydroxyl groups is 1. The number of benzene rings is 1. The molecule has 0 unspecified atom stereocenters. The number of phenolic OH excluding ortho intramolecular Hbond substituents is 1. The van der Waals surface area contributed by atoms with Crippen LogP contribution >= 0.6 is 0 Å². The summed E-state index contributed by atoms with van der Waals surface area (Å²) in [7, 11) is 2.04. The summed E-state index contributed by atoms with van der Waals surface area (Å²) in [5.74, 6) is 0.321. The monoisotopic (exact) mass is 275 g/mol. The maximum atomic E-state index is 12.2. The largest absolute Gasteiger partial charge is 0.508 e. The number of hydrogen-bond acceptors (Lipinski definition) is 3. The Hall–Kier alpha value is -1.35. The van der Waals surface area contributed by atoms with Crippen molar-refractivity contribution >= 4 is 5.78 Å². The highest BCUT2D eigenvalue weighted by atomic mass is 16.3. The van der Waals surface area contributed by atoms with Gasteiger partial charge in [0.1, 0.15) is 5.75 Å². The predicted molar refractivity (Wildman–Crippen MR) is 81.1 cm³/mol. The van der Waals surface area contributed by atoms with Gasteiger partial charge in [-0.3, -0.25) is 9.69 Å². The molecule has 0 spiro atoms. The average Bonchev–Trinajstić information content (AvgIpc) is 2.39. The molecule has 0 aromatic heterocycles. The number of carbonyl (C=O) groups excluding carboxylic acids is 1. The summed E-state index contributed by atoms with van der Waals surface area (Å²) in [6.07, 6.45) is 4.81. The molecule has 1 aromatic carbocycles. The van der Waals surface area contributed by atoms with Crippen LogP contribution in [-0.2, 0) is 0 Å². The van der Waals surface area contributed by atoms with Crippen LogP contribution in [-0.4, -0.2) is 35.4 Å². The van der Waals surface area contributed by atoms with Crippen LogP contribution in [0.4, 0.5) is 0 Å². The van der Waals surface area contributed by atoms with Crippen molar-refractivity contribution in [2.24, 2.45) is 5.41 Å². The Bertz CT molecular complexity index is 454. The summed E-state index contributed by atoms with van der Waals surface area (Å²) in [6.45, 7) is 5.10. The lowest BCUT2D eigenvalue weighted by molar-refractivity contribution is 0.0851. The highest BCUT2D eigenvalue weighted by molar-refractivity contribution is 5.97. The minimum absolute atomic E-state index is 0.123. The lowest BCUT2D eigenvalue weighted by atomic mass is 9.75. The van der Waals surface area contributed by atoms with E-state index in [1.54, 1.807) is 24.3 Å². The van der Waals surface area contributed by atoms with Crippen LogP contribution in [0.25, 0.3) is 0 Å². The van der Waals surface area contributed by atoms with Crippen LogP contribution in [0.1, 0.15) is 49.9 Å². The Labute approximate surface area is 121 Å². The van der Waals surface area contributed by atoms with Gasteiger partial charge in [-0.2, -0.15) is 0 Å². The molecule has 1 aliphatic carbocycles. The van der Waals surface area contributed by atoms with Gasteiger partial charge < -0.3 is 5.11 Å². The first kappa shape index (κ1) is 15.0. The van der Waals surface area contributed by atoms with Crippen molar-refractivity contribution in [1.29, 1.82) is 0 Å². The third kappa shape index (κ3) is 3.83. The molecule has 3 nitrogen and oxygen atoms in total. The fraction of sp³-hybridized carbons (Fsp3) is 0.588. The Morgan fingerprint density at radius 1 is 1.25 bits per heavy atom. The Balaban J connectivity index is 1.90. The van der Waals surface area contributed by atoms with Crippen LogP contribution in [0.2, 0.25) is 0 Å². The number of Topliss-reactive ketones (excluding diaryl/α,β-unsaturated/α-hetero) is 1. The van der Waals surface area contributed by atoms with E-state index >= 15 is 0 Å². The summed E-state index contributed by atoms with van der Waals surface area (Å²) in [6, 6.07) is 7.03. The summed E-state index contributed by atoms with van der Waals surface area (Å²) in [5, 5.41) is 9.25. The second-order valence-corrected chi connectivity index (χ2v) is 6.78. The van der Waals surface area contributed by atoms with Crippen molar-refractivity contribution in [1.82, 2.24) is 4.90 Å². The molecular formula is C17H25NO2. The molecule has 0 amide bonds. The van der Waals surface area contributed by atoms with Crippen LogP contribution in [0.3, 0.4) is 0 Å². The quantitative estimate of drug-likeness (QED) is 0.855. The first-order valence-corrected chi connectivity index (χ1v) is 7.40. The molecule has 20 heavy (non-hydrogen) atoms. The second-order valence-electron chi connectivity index (χ2n) is 6.78. The Morgan fingerprint density at radius 3 is 2.35 bits per heavy atom. The van der Waals surface area contributed by atoms with Gasteiger partial charge in [-0.05, 0) is 62.4 Å². The normalized spacial score (nSPS) is 19.2. The number of nitrogens with zero attached hydrogens (tertiary/aromatic N) is 1. The number of likely N-dealkylation sites (N-methyl/N-ethyl adjacent to an activating group) is 1. The molecule has 1 aromatic rings. The summed E-state index contributed by atoms with van der Waals surface area (Å²) >= 11 is 0. The fourth-order valence-corrected chi connectivity index (χ4v) is 2.92. The molecule has 0 heterocycles. The number of rotatable bonds is 4. The lowest BCUT2D eigenvalue weighted by Gasteiger charge is -2.38. The molecule has 1 saturated carbocycles. The molecule has 1 aliphatic rings. The minimum atomic E-state index is 0.123.